The molecule has 2 aromatic heterocycles. The lowest BCUT2D eigenvalue weighted by atomic mass is 9.79. The first-order chi connectivity index (χ1) is 17.5. The summed E-state index contributed by atoms with van der Waals surface area (Å²) in [4.78, 5) is 18.2. The molecule has 0 radical (unpaired) electrons. The number of aliphatic hydroxyl groups excluding tert-OH is 1. The van der Waals surface area contributed by atoms with E-state index in [0.29, 0.717) is 24.7 Å². The topological polar surface area (TPSA) is 109 Å². The number of carbonyl (C=O) groups is 1. The number of aliphatic hydroxyl groups is 1. The number of benzene rings is 1. The first-order valence-electron chi connectivity index (χ1n) is 12.8. The number of carboxylic acids is 1. The maximum Gasteiger partial charge on any atom is 0.303 e. The van der Waals surface area contributed by atoms with Gasteiger partial charge in [-0.25, -0.2) is 0 Å². The Labute approximate surface area is 212 Å². The van der Waals surface area contributed by atoms with Crippen LogP contribution in [-0.2, 0) is 11.2 Å². The summed E-state index contributed by atoms with van der Waals surface area (Å²) >= 11 is 0. The maximum atomic E-state index is 11.3. The lowest BCUT2D eigenvalue weighted by Crippen LogP contribution is -2.41. The molecule has 0 bridgehead atoms. The molecule has 0 saturated carbocycles. The zero-order chi connectivity index (χ0) is 25.3. The van der Waals surface area contributed by atoms with Crippen LogP contribution in [0, 0.1) is 11.8 Å². The lowest BCUT2D eigenvalue weighted by Gasteiger charge is -2.39. The third-order valence-corrected chi connectivity index (χ3v) is 7.44. The van der Waals surface area contributed by atoms with Crippen LogP contribution < -0.4 is 4.74 Å². The molecule has 0 amide bonds. The van der Waals surface area contributed by atoms with Gasteiger partial charge in [0.1, 0.15) is 5.75 Å². The van der Waals surface area contributed by atoms with Gasteiger partial charge in [0, 0.05) is 30.7 Å². The zero-order valence-corrected chi connectivity index (χ0v) is 20.9. The van der Waals surface area contributed by atoms with Crippen LogP contribution in [0.5, 0.6) is 5.75 Å². The van der Waals surface area contributed by atoms with Crippen molar-refractivity contribution in [3.8, 4) is 5.75 Å². The van der Waals surface area contributed by atoms with E-state index in [9.17, 15) is 15.0 Å². The van der Waals surface area contributed by atoms with Crippen molar-refractivity contribution in [3.63, 3.8) is 0 Å². The molecule has 36 heavy (non-hydrogen) atoms. The minimum atomic E-state index is -0.742. The number of ether oxygens (including phenoxy) is 1. The minimum Gasteiger partial charge on any atom is -0.497 e. The van der Waals surface area contributed by atoms with E-state index in [2.05, 4.69) is 20.1 Å². The van der Waals surface area contributed by atoms with E-state index >= 15 is 0 Å². The highest BCUT2D eigenvalue weighted by Gasteiger charge is 2.30. The Bertz CT molecular complexity index is 1130. The van der Waals surface area contributed by atoms with Crippen LogP contribution in [0.4, 0.5) is 0 Å². The number of methoxy groups -OCH3 is 1. The molecular formula is C28H36N4O4. The molecule has 0 spiro atoms. The van der Waals surface area contributed by atoms with Gasteiger partial charge < -0.3 is 19.8 Å². The van der Waals surface area contributed by atoms with Crippen LogP contribution in [-0.4, -0.2) is 63.0 Å². The lowest BCUT2D eigenvalue weighted by molar-refractivity contribution is -0.137. The second kappa shape index (κ2) is 12.7. The van der Waals surface area contributed by atoms with Crippen molar-refractivity contribution in [2.24, 2.45) is 11.8 Å². The van der Waals surface area contributed by atoms with Crippen LogP contribution in [0.3, 0.4) is 0 Å². The maximum absolute atomic E-state index is 11.3. The average molecular weight is 493 g/mol. The largest absolute Gasteiger partial charge is 0.497 e. The molecule has 3 heterocycles. The Balaban J connectivity index is 1.35. The van der Waals surface area contributed by atoms with Gasteiger partial charge in [0.15, 0.2) is 0 Å². The van der Waals surface area contributed by atoms with Crippen LogP contribution >= 0.6 is 0 Å². The summed E-state index contributed by atoms with van der Waals surface area (Å²) in [6.45, 7) is 2.92. The Kier molecular flexibility index (Phi) is 9.19. The smallest absolute Gasteiger partial charge is 0.303 e. The van der Waals surface area contributed by atoms with E-state index in [0.717, 1.165) is 67.5 Å². The Morgan fingerprint density at radius 3 is 2.83 bits per heavy atom. The number of aromatic nitrogens is 3. The second-order valence-electron chi connectivity index (χ2n) is 9.77. The molecular weight excluding hydrogens is 456 g/mol. The number of nitrogens with zero attached hydrogens (tertiary/aromatic N) is 4. The molecule has 4 rings (SSSR count). The monoisotopic (exact) mass is 492 g/mol. The Morgan fingerprint density at radius 2 is 2.06 bits per heavy atom. The number of pyridine rings is 1. The molecule has 1 unspecified atom stereocenters. The third-order valence-electron chi connectivity index (χ3n) is 7.44. The fraction of sp³-hybridized carbons (Fsp3) is 0.500. The summed E-state index contributed by atoms with van der Waals surface area (Å²) in [6, 6.07) is 9.60. The zero-order valence-electron chi connectivity index (χ0n) is 20.9. The highest BCUT2D eigenvalue weighted by atomic mass is 16.5. The molecule has 8 nitrogen and oxygen atoms in total. The molecule has 2 N–H and O–H groups in total. The van der Waals surface area contributed by atoms with Crippen LogP contribution in [0.15, 0.2) is 48.9 Å². The summed E-state index contributed by atoms with van der Waals surface area (Å²) in [6.07, 6.45) is 10.1. The molecule has 3 aromatic rings. The number of piperidine rings is 1. The minimum absolute atomic E-state index is 0.190. The Morgan fingerprint density at radius 1 is 1.17 bits per heavy atom. The second-order valence-corrected chi connectivity index (χ2v) is 9.77. The van der Waals surface area contributed by atoms with E-state index in [1.165, 1.54) is 5.56 Å². The van der Waals surface area contributed by atoms with Gasteiger partial charge in [0.25, 0.3) is 0 Å². The molecule has 8 heteroatoms. The third kappa shape index (κ3) is 6.98. The molecule has 3 atom stereocenters. The first kappa shape index (κ1) is 26.0. The summed E-state index contributed by atoms with van der Waals surface area (Å²) in [5.41, 5.74) is 2.89. The number of aliphatic carboxylic acids is 1. The van der Waals surface area contributed by atoms with Gasteiger partial charge in [-0.15, -0.1) is 0 Å². The normalized spacial score (nSPS) is 19.3. The molecule has 0 aliphatic carbocycles. The van der Waals surface area contributed by atoms with E-state index in [1.54, 1.807) is 19.5 Å². The predicted octanol–water partition coefficient (Wildman–Crippen LogP) is 4.28. The fourth-order valence-electron chi connectivity index (χ4n) is 5.44. The number of aryl methyl sites for hydroxylation is 1. The summed E-state index contributed by atoms with van der Waals surface area (Å²) in [5, 5.41) is 29.1. The Hall–Kier alpha value is -3.10. The molecule has 192 valence electrons. The number of hydrogen-bond donors (Lipinski definition) is 2. The SMILES string of the molecule is COc1ccc2nccc(C(O)CC[C@@H]3CCN(CCCc4ccnnc4)C[C@@H]3CCC(=O)O)c2c1. The average Bonchev–Trinajstić information content (AvgIpc) is 2.91. The van der Waals surface area contributed by atoms with Crippen molar-refractivity contribution < 1.29 is 19.7 Å². The van der Waals surface area contributed by atoms with Crippen LogP contribution in [0.1, 0.15) is 55.8 Å². The molecule has 1 aliphatic rings. The van der Waals surface area contributed by atoms with E-state index < -0.39 is 12.1 Å². The fourth-order valence-corrected chi connectivity index (χ4v) is 5.44. The summed E-state index contributed by atoms with van der Waals surface area (Å²) in [5.74, 6) is 0.722. The van der Waals surface area contributed by atoms with Gasteiger partial charge in [0.2, 0.25) is 0 Å². The van der Waals surface area contributed by atoms with E-state index in [4.69, 9.17) is 4.74 Å². The van der Waals surface area contributed by atoms with Gasteiger partial charge in [-0.3, -0.25) is 9.78 Å². The van der Waals surface area contributed by atoms with E-state index in [1.807, 2.05) is 36.5 Å². The number of likely N-dealkylation sites (tertiary alicyclic amines) is 1. The van der Waals surface area contributed by atoms with Gasteiger partial charge in [-0.2, -0.15) is 10.2 Å². The van der Waals surface area contributed by atoms with Crippen LogP contribution in [0.2, 0.25) is 0 Å². The van der Waals surface area contributed by atoms with Crippen LogP contribution in [0.25, 0.3) is 10.9 Å². The summed E-state index contributed by atoms with van der Waals surface area (Å²) < 4.78 is 5.37. The molecule has 1 aromatic carbocycles. The first-order valence-corrected chi connectivity index (χ1v) is 12.8. The van der Waals surface area contributed by atoms with Crippen molar-refractivity contribution in [1.82, 2.24) is 20.1 Å². The number of fused-ring (bicyclic) bond motifs is 1. The molecule has 1 aliphatic heterocycles. The van der Waals surface area contributed by atoms with Crippen molar-refractivity contribution in [1.29, 1.82) is 0 Å². The number of carboxylic acid groups (broad SMARTS) is 1. The van der Waals surface area contributed by atoms with E-state index in [-0.39, 0.29) is 6.42 Å². The van der Waals surface area contributed by atoms with Crippen molar-refractivity contribution in [3.05, 3.63) is 60.0 Å². The highest BCUT2D eigenvalue weighted by Crippen LogP contribution is 2.35. The van der Waals surface area contributed by atoms with Gasteiger partial charge in [-0.05, 0) is 105 Å². The quantitative estimate of drug-likeness (QED) is 0.386. The van der Waals surface area contributed by atoms with Crippen molar-refractivity contribution in [2.75, 3.05) is 26.7 Å². The standard InChI is InChI=1S/C28H36N4O4/c1-36-23-6-7-26-25(17-23)24(11-13-29-26)27(33)8-4-21-12-16-32(19-22(21)5-9-28(34)35)15-2-3-20-10-14-30-31-18-20/h6-7,10-11,13-14,17-18,21-22,27,33H,2-5,8-9,12,15-16,19H2,1H3,(H,34,35)/t21-,22+,27?/m1/s1. The van der Waals surface area contributed by atoms with Crippen molar-refractivity contribution in [2.45, 2.75) is 51.0 Å². The van der Waals surface area contributed by atoms with Gasteiger partial charge in [0.05, 0.1) is 24.9 Å². The highest BCUT2D eigenvalue weighted by molar-refractivity contribution is 5.83. The number of rotatable bonds is 12. The predicted molar refractivity (Wildman–Crippen MR) is 138 cm³/mol. The molecule has 1 saturated heterocycles. The molecule has 1 fully saturated rings. The van der Waals surface area contributed by atoms with Crippen molar-refractivity contribution >= 4 is 16.9 Å². The number of hydrogen-bond acceptors (Lipinski definition) is 7. The summed E-state index contributed by atoms with van der Waals surface area (Å²) in [7, 11) is 1.63. The van der Waals surface area contributed by atoms with Gasteiger partial charge >= 0.3 is 5.97 Å². The van der Waals surface area contributed by atoms with Gasteiger partial charge in [-0.1, -0.05) is 0 Å².